The molecule has 0 saturated heterocycles. The van der Waals surface area contributed by atoms with Crippen LogP contribution in [0.2, 0.25) is 0 Å². The second-order valence-corrected chi connectivity index (χ2v) is 10.00. The van der Waals surface area contributed by atoms with Gasteiger partial charge in [0.2, 0.25) is 0 Å². The van der Waals surface area contributed by atoms with E-state index in [0.717, 1.165) is 43.6 Å². The maximum atomic E-state index is 12.2. The molecule has 1 aliphatic rings. The molecule has 5 heteroatoms. The van der Waals surface area contributed by atoms with E-state index in [9.17, 15) is 9.59 Å². The van der Waals surface area contributed by atoms with Crippen molar-refractivity contribution >= 4 is 18.0 Å². The first kappa shape index (κ1) is 27.9. The van der Waals surface area contributed by atoms with Crippen LogP contribution in [0.25, 0.3) is 6.08 Å². The minimum Gasteiger partial charge on any atom is -0.494 e. The fourth-order valence-electron chi connectivity index (χ4n) is 3.84. The predicted molar refractivity (Wildman–Crippen MR) is 137 cm³/mol. The smallest absolute Gasteiger partial charge is 0.331 e. The molecule has 0 amide bonds. The average Bonchev–Trinajstić information content (AvgIpc) is 2.84. The highest BCUT2D eigenvalue weighted by Gasteiger charge is 2.32. The number of unbranched alkanes of at least 4 members (excludes halogenated alkanes) is 5. The van der Waals surface area contributed by atoms with Crippen LogP contribution in [0.3, 0.4) is 0 Å². The highest BCUT2D eigenvalue weighted by molar-refractivity contribution is 5.87. The van der Waals surface area contributed by atoms with E-state index < -0.39 is 5.41 Å². The lowest BCUT2D eigenvalue weighted by Gasteiger charge is -2.30. The average molecular weight is 473 g/mol. The van der Waals surface area contributed by atoms with Crippen molar-refractivity contribution in [2.45, 2.75) is 111 Å². The zero-order chi connectivity index (χ0) is 24.8. The number of hydrogen-bond donors (Lipinski definition) is 0. The van der Waals surface area contributed by atoms with E-state index >= 15 is 0 Å². The fraction of sp³-hybridized carbons (Fsp3) is 0.655. The van der Waals surface area contributed by atoms with Gasteiger partial charge in [-0.2, -0.15) is 0 Å². The van der Waals surface area contributed by atoms with Crippen molar-refractivity contribution in [1.82, 2.24) is 0 Å². The third kappa shape index (κ3) is 10.3. The second-order valence-electron chi connectivity index (χ2n) is 10.00. The summed E-state index contributed by atoms with van der Waals surface area (Å²) < 4.78 is 17.1. The summed E-state index contributed by atoms with van der Waals surface area (Å²) in [5, 5.41) is 0. The molecule has 1 aromatic carbocycles. The maximum Gasteiger partial charge on any atom is 0.331 e. The highest BCUT2D eigenvalue weighted by Crippen LogP contribution is 2.28. The monoisotopic (exact) mass is 472 g/mol. The first-order chi connectivity index (χ1) is 16.3. The molecule has 0 unspecified atom stereocenters. The molecule has 5 nitrogen and oxygen atoms in total. The molecule has 0 atom stereocenters. The van der Waals surface area contributed by atoms with Gasteiger partial charge in [0, 0.05) is 6.08 Å². The molecule has 0 aromatic heterocycles. The zero-order valence-corrected chi connectivity index (χ0v) is 21.6. The Morgan fingerprint density at radius 2 is 1.47 bits per heavy atom. The summed E-state index contributed by atoms with van der Waals surface area (Å²) in [5.41, 5.74) is 0.477. The fourth-order valence-corrected chi connectivity index (χ4v) is 3.84. The number of rotatable bonds is 14. The largest absolute Gasteiger partial charge is 0.494 e. The molecule has 190 valence electrons. The quantitative estimate of drug-likeness (QED) is 0.162. The molecule has 0 spiro atoms. The van der Waals surface area contributed by atoms with Gasteiger partial charge in [-0.3, -0.25) is 4.79 Å². The standard InChI is InChI=1S/C29H44O5/c1-5-7-8-9-10-11-22-32-24-15-12-23(13-16-24)14-21-27(30)33-25-17-19-26(20-18-25)34-28(31)29(3,4)6-2/h12-16,21,25-26H,5-11,17-20,22H2,1-4H3/b21-14+. The van der Waals surface area contributed by atoms with E-state index in [2.05, 4.69) is 6.92 Å². The van der Waals surface area contributed by atoms with Crippen LogP contribution < -0.4 is 4.74 Å². The van der Waals surface area contributed by atoms with E-state index in [1.165, 1.54) is 38.2 Å². The summed E-state index contributed by atoms with van der Waals surface area (Å²) in [5.74, 6) is 0.376. The molecule has 1 aliphatic carbocycles. The minimum atomic E-state index is -0.452. The van der Waals surface area contributed by atoms with Crippen LogP contribution in [-0.2, 0) is 19.1 Å². The van der Waals surface area contributed by atoms with Gasteiger partial charge in [-0.15, -0.1) is 0 Å². The van der Waals surface area contributed by atoms with Gasteiger partial charge in [0.1, 0.15) is 18.0 Å². The minimum absolute atomic E-state index is 0.0781. The third-order valence-corrected chi connectivity index (χ3v) is 6.67. The topological polar surface area (TPSA) is 61.8 Å². The van der Waals surface area contributed by atoms with Gasteiger partial charge >= 0.3 is 11.9 Å². The zero-order valence-electron chi connectivity index (χ0n) is 21.6. The van der Waals surface area contributed by atoms with Crippen molar-refractivity contribution < 1.29 is 23.8 Å². The van der Waals surface area contributed by atoms with Gasteiger partial charge in [0.05, 0.1) is 12.0 Å². The van der Waals surface area contributed by atoms with E-state index in [-0.39, 0.29) is 24.1 Å². The van der Waals surface area contributed by atoms with E-state index in [1.54, 1.807) is 6.08 Å². The molecule has 1 aromatic rings. The van der Waals surface area contributed by atoms with Crippen LogP contribution >= 0.6 is 0 Å². The third-order valence-electron chi connectivity index (χ3n) is 6.67. The molecule has 0 heterocycles. The first-order valence-corrected chi connectivity index (χ1v) is 13.2. The number of carbonyl (C=O) groups is 2. The van der Waals surface area contributed by atoms with Crippen molar-refractivity contribution in [2.24, 2.45) is 5.41 Å². The normalized spacial score (nSPS) is 18.6. The van der Waals surface area contributed by atoms with Crippen LogP contribution in [0.4, 0.5) is 0 Å². The molecule has 1 fully saturated rings. The Kier molecular flexibility index (Phi) is 12.2. The van der Waals surface area contributed by atoms with Crippen LogP contribution in [0.1, 0.15) is 104 Å². The molecule has 0 aliphatic heterocycles. The Labute approximate surface area is 206 Å². The van der Waals surface area contributed by atoms with E-state index in [0.29, 0.717) is 12.8 Å². The summed E-state index contributed by atoms with van der Waals surface area (Å²) in [7, 11) is 0. The van der Waals surface area contributed by atoms with Crippen molar-refractivity contribution in [1.29, 1.82) is 0 Å². The Hall–Kier alpha value is -2.30. The lowest BCUT2D eigenvalue weighted by molar-refractivity contribution is -0.164. The lowest BCUT2D eigenvalue weighted by atomic mass is 9.90. The predicted octanol–water partition coefficient (Wildman–Crippen LogP) is 7.27. The number of esters is 2. The second kappa shape index (κ2) is 14.9. The SMILES string of the molecule is CCCCCCCCOc1ccc(/C=C/C(=O)OC2CCC(OC(=O)C(C)(C)CC)CC2)cc1. The van der Waals surface area contributed by atoms with E-state index in [1.807, 2.05) is 45.0 Å². The number of benzene rings is 1. The van der Waals surface area contributed by atoms with Crippen LogP contribution in [0, 0.1) is 5.41 Å². The van der Waals surface area contributed by atoms with Crippen molar-refractivity contribution in [3.05, 3.63) is 35.9 Å². The Balaban J connectivity index is 1.65. The molecule has 0 N–H and O–H groups in total. The van der Waals surface area contributed by atoms with Gasteiger partial charge in [-0.1, -0.05) is 58.1 Å². The van der Waals surface area contributed by atoms with Crippen molar-refractivity contribution in [2.75, 3.05) is 6.61 Å². The maximum absolute atomic E-state index is 12.2. The molecule has 1 saturated carbocycles. The van der Waals surface area contributed by atoms with Crippen molar-refractivity contribution in [3.8, 4) is 5.75 Å². The number of hydrogen-bond acceptors (Lipinski definition) is 5. The summed E-state index contributed by atoms with van der Waals surface area (Å²) in [6, 6.07) is 7.75. The number of ether oxygens (including phenoxy) is 3. The van der Waals surface area contributed by atoms with Gasteiger partial charge in [-0.25, -0.2) is 4.79 Å². The summed E-state index contributed by atoms with van der Waals surface area (Å²) in [6.45, 7) is 8.78. The lowest BCUT2D eigenvalue weighted by Crippen LogP contribution is -2.34. The van der Waals surface area contributed by atoms with Crippen LogP contribution in [0.15, 0.2) is 30.3 Å². The molecule has 0 radical (unpaired) electrons. The first-order valence-electron chi connectivity index (χ1n) is 13.2. The van der Waals surface area contributed by atoms with Gasteiger partial charge in [0.15, 0.2) is 0 Å². The Bertz CT molecular complexity index is 757. The molecule has 0 bridgehead atoms. The summed E-state index contributed by atoms with van der Waals surface area (Å²) in [6.07, 6.45) is 14.2. The Morgan fingerprint density at radius 1 is 0.882 bits per heavy atom. The molecule has 2 rings (SSSR count). The van der Waals surface area contributed by atoms with Crippen LogP contribution in [0.5, 0.6) is 5.75 Å². The molecular weight excluding hydrogens is 428 g/mol. The highest BCUT2D eigenvalue weighted by atomic mass is 16.6. The molecule has 34 heavy (non-hydrogen) atoms. The van der Waals surface area contributed by atoms with Crippen molar-refractivity contribution in [3.63, 3.8) is 0 Å². The van der Waals surface area contributed by atoms with Gasteiger partial charge < -0.3 is 14.2 Å². The van der Waals surface area contributed by atoms with Gasteiger partial charge in [0.25, 0.3) is 0 Å². The Morgan fingerprint density at radius 3 is 2.09 bits per heavy atom. The molecular formula is C29H44O5. The summed E-state index contributed by atoms with van der Waals surface area (Å²) in [4.78, 5) is 24.5. The van der Waals surface area contributed by atoms with Gasteiger partial charge in [-0.05, 0) is 76.1 Å². The van der Waals surface area contributed by atoms with Crippen LogP contribution in [-0.4, -0.2) is 30.8 Å². The summed E-state index contributed by atoms with van der Waals surface area (Å²) >= 11 is 0. The number of carbonyl (C=O) groups excluding carboxylic acids is 2. The van der Waals surface area contributed by atoms with E-state index in [4.69, 9.17) is 14.2 Å².